The lowest BCUT2D eigenvalue weighted by Gasteiger charge is -2.17. The highest BCUT2D eigenvalue weighted by molar-refractivity contribution is 6.05. The normalized spacial score (nSPS) is 13.6. The third-order valence-corrected chi connectivity index (χ3v) is 4.79. The van der Waals surface area contributed by atoms with Gasteiger partial charge in [0.05, 0.1) is 0 Å². The number of carbonyl (C=O) groups is 2. The van der Waals surface area contributed by atoms with Crippen molar-refractivity contribution in [2.75, 3.05) is 16.8 Å². The van der Waals surface area contributed by atoms with Crippen LogP contribution in [0.3, 0.4) is 0 Å². The summed E-state index contributed by atoms with van der Waals surface area (Å²) in [6.07, 6.45) is 1.42. The zero-order chi connectivity index (χ0) is 19.5. The van der Waals surface area contributed by atoms with Gasteiger partial charge in [-0.1, -0.05) is 30.3 Å². The van der Waals surface area contributed by atoms with Gasteiger partial charge in [0.15, 0.2) is 0 Å². The van der Waals surface area contributed by atoms with Crippen LogP contribution in [0.5, 0.6) is 0 Å². The number of amides is 2. The van der Waals surface area contributed by atoms with Crippen LogP contribution in [0.25, 0.3) is 11.1 Å². The van der Waals surface area contributed by atoms with E-state index >= 15 is 0 Å². The van der Waals surface area contributed by atoms with Crippen LogP contribution in [0.2, 0.25) is 0 Å². The van der Waals surface area contributed by atoms with Gasteiger partial charge in [0.2, 0.25) is 5.91 Å². The van der Waals surface area contributed by atoms with E-state index in [4.69, 9.17) is 0 Å². The first kappa shape index (κ1) is 17.9. The van der Waals surface area contributed by atoms with Crippen molar-refractivity contribution in [1.82, 2.24) is 0 Å². The van der Waals surface area contributed by atoms with Crippen molar-refractivity contribution in [1.29, 1.82) is 0 Å². The molecule has 1 saturated heterocycles. The van der Waals surface area contributed by atoms with E-state index in [1.54, 1.807) is 41.3 Å². The summed E-state index contributed by atoms with van der Waals surface area (Å²) in [4.78, 5) is 26.4. The molecule has 1 N–H and O–H groups in total. The highest BCUT2D eigenvalue weighted by Gasteiger charge is 2.21. The summed E-state index contributed by atoms with van der Waals surface area (Å²) in [5, 5.41) is 2.89. The Labute approximate surface area is 162 Å². The average Bonchev–Trinajstić information content (AvgIpc) is 3.15. The molecule has 5 heteroatoms. The second kappa shape index (κ2) is 7.64. The van der Waals surface area contributed by atoms with Crippen LogP contribution in [0.1, 0.15) is 23.2 Å². The van der Waals surface area contributed by atoms with E-state index in [1.165, 1.54) is 12.1 Å². The largest absolute Gasteiger partial charge is 0.322 e. The first-order valence-electron chi connectivity index (χ1n) is 9.18. The summed E-state index contributed by atoms with van der Waals surface area (Å²) in [6, 6.07) is 20.6. The molecule has 1 aliphatic rings. The van der Waals surface area contributed by atoms with E-state index in [2.05, 4.69) is 5.32 Å². The summed E-state index contributed by atoms with van der Waals surface area (Å²) in [6.45, 7) is 0.704. The smallest absolute Gasteiger partial charge is 0.255 e. The molecule has 4 nitrogen and oxygen atoms in total. The van der Waals surface area contributed by atoms with Crippen molar-refractivity contribution in [3.05, 3.63) is 84.2 Å². The molecule has 140 valence electrons. The maximum Gasteiger partial charge on any atom is 0.255 e. The zero-order valence-electron chi connectivity index (χ0n) is 15.2. The van der Waals surface area contributed by atoms with Crippen LogP contribution in [-0.2, 0) is 4.79 Å². The minimum atomic E-state index is -0.297. The fraction of sp³-hybridized carbons (Fsp3) is 0.130. The van der Waals surface area contributed by atoms with Crippen LogP contribution in [0, 0.1) is 5.82 Å². The molecular formula is C23H19FN2O2. The fourth-order valence-corrected chi connectivity index (χ4v) is 3.36. The lowest BCUT2D eigenvalue weighted by molar-refractivity contribution is -0.117. The van der Waals surface area contributed by atoms with Gasteiger partial charge in [-0.05, 0) is 60.0 Å². The fourth-order valence-electron chi connectivity index (χ4n) is 3.36. The van der Waals surface area contributed by atoms with Crippen molar-refractivity contribution in [3.63, 3.8) is 0 Å². The Morgan fingerprint density at radius 3 is 2.46 bits per heavy atom. The van der Waals surface area contributed by atoms with Gasteiger partial charge >= 0.3 is 0 Å². The van der Waals surface area contributed by atoms with Gasteiger partial charge in [-0.2, -0.15) is 0 Å². The topological polar surface area (TPSA) is 49.4 Å². The Morgan fingerprint density at radius 1 is 0.929 bits per heavy atom. The van der Waals surface area contributed by atoms with E-state index in [-0.39, 0.29) is 17.6 Å². The van der Waals surface area contributed by atoms with Crippen molar-refractivity contribution >= 4 is 23.2 Å². The van der Waals surface area contributed by atoms with Crippen LogP contribution < -0.4 is 10.2 Å². The number of halogens is 1. The molecule has 28 heavy (non-hydrogen) atoms. The number of rotatable bonds is 4. The van der Waals surface area contributed by atoms with E-state index in [1.807, 2.05) is 24.3 Å². The summed E-state index contributed by atoms with van der Waals surface area (Å²) in [7, 11) is 0. The molecule has 4 rings (SSSR count). The summed E-state index contributed by atoms with van der Waals surface area (Å²) >= 11 is 0. The molecule has 0 unspecified atom stereocenters. The van der Waals surface area contributed by atoms with Gasteiger partial charge in [-0.25, -0.2) is 4.39 Å². The van der Waals surface area contributed by atoms with Crippen molar-refractivity contribution in [3.8, 4) is 11.1 Å². The Hall–Kier alpha value is -3.47. The second-order valence-electron chi connectivity index (χ2n) is 6.74. The van der Waals surface area contributed by atoms with Crippen LogP contribution in [0.15, 0.2) is 72.8 Å². The number of nitrogens with zero attached hydrogens (tertiary/aromatic N) is 1. The molecular weight excluding hydrogens is 355 g/mol. The molecule has 0 saturated carbocycles. The summed E-state index contributed by atoms with van der Waals surface area (Å²) in [5.41, 5.74) is 3.61. The SMILES string of the molecule is O=C(Nc1cccc(N2CCCC2=O)c1)c1cccc(-c2ccc(F)cc2)c1. The van der Waals surface area contributed by atoms with Gasteiger partial charge in [-0.15, -0.1) is 0 Å². The monoisotopic (exact) mass is 374 g/mol. The average molecular weight is 374 g/mol. The Kier molecular flexibility index (Phi) is 4.89. The Bertz CT molecular complexity index is 1030. The van der Waals surface area contributed by atoms with Gasteiger partial charge < -0.3 is 10.2 Å². The highest BCUT2D eigenvalue weighted by atomic mass is 19.1. The molecule has 3 aromatic rings. The minimum absolute atomic E-state index is 0.107. The predicted molar refractivity (Wildman–Crippen MR) is 108 cm³/mol. The lowest BCUT2D eigenvalue weighted by atomic mass is 10.0. The van der Waals surface area contributed by atoms with Crippen molar-refractivity contribution < 1.29 is 14.0 Å². The molecule has 1 heterocycles. The maximum absolute atomic E-state index is 13.1. The van der Waals surface area contributed by atoms with Crippen LogP contribution in [-0.4, -0.2) is 18.4 Å². The molecule has 0 aromatic heterocycles. The third kappa shape index (κ3) is 3.78. The number of hydrogen-bond donors (Lipinski definition) is 1. The van der Waals surface area contributed by atoms with Crippen molar-refractivity contribution in [2.24, 2.45) is 0 Å². The maximum atomic E-state index is 13.1. The van der Waals surface area contributed by atoms with E-state index in [9.17, 15) is 14.0 Å². The standard InChI is InChI=1S/C23H19FN2O2/c24-19-11-9-16(10-12-19)17-4-1-5-18(14-17)23(28)25-20-6-2-7-21(15-20)26-13-3-8-22(26)27/h1-2,4-7,9-12,14-15H,3,8,13H2,(H,25,28). The lowest BCUT2D eigenvalue weighted by Crippen LogP contribution is -2.23. The van der Waals surface area contributed by atoms with E-state index in [0.717, 1.165) is 23.2 Å². The minimum Gasteiger partial charge on any atom is -0.322 e. The zero-order valence-corrected chi connectivity index (χ0v) is 15.2. The van der Waals surface area contributed by atoms with Gasteiger partial charge in [0.25, 0.3) is 5.91 Å². The van der Waals surface area contributed by atoms with Crippen LogP contribution >= 0.6 is 0 Å². The predicted octanol–water partition coefficient (Wildman–Crippen LogP) is 4.87. The molecule has 1 fully saturated rings. The third-order valence-electron chi connectivity index (χ3n) is 4.79. The molecule has 3 aromatic carbocycles. The molecule has 2 amide bonds. The van der Waals surface area contributed by atoms with E-state index in [0.29, 0.717) is 24.2 Å². The molecule has 1 aliphatic heterocycles. The molecule has 0 radical (unpaired) electrons. The number of carbonyl (C=O) groups excluding carboxylic acids is 2. The van der Waals surface area contributed by atoms with Crippen molar-refractivity contribution in [2.45, 2.75) is 12.8 Å². The second-order valence-corrected chi connectivity index (χ2v) is 6.74. The van der Waals surface area contributed by atoms with Gasteiger partial charge in [0.1, 0.15) is 5.82 Å². The first-order chi connectivity index (χ1) is 13.6. The molecule has 0 bridgehead atoms. The highest BCUT2D eigenvalue weighted by Crippen LogP contribution is 2.25. The Morgan fingerprint density at radius 2 is 1.71 bits per heavy atom. The molecule has 0 atom stereocenters. The molecule has 0 aliphatic carbocycles. The number of benzene rings is 3. The summed E-state index contributed by atoms with van der Waals surface area (Å²) < 4.78 is 13.1. The number of hydrogen-bond acceptors (Lipinski definition) is 2. The van der Waals surface area contributed by atoms with Crippen LogP contribution in [0.4, 0.5) is 15.8 Å². The Balaban J connectivity index is 1.53. The quantitative estimate of drug-likeness (QED) is 0.708. The van der Waals surface area contributed by atoms with Gasteiger partial charge in [0, 0.05) is 29.9 Å². The molecule has 0 spiro atoms. The summed E-state index contributed by atoms with van der Waals surface area (Å²) in [5.74, 6) is -0.432. The number of anilines is 2. The van der Waals surface area contributed by atoms with E-state index < -0.39 is 0 Å². The van der Waals surface area contributed by atoms with Gasteiger partial charge in [-0.3, -0.25) is 9.59 Å². The first-order valence-corrected chi connectivity index (χ1v) is 9.18. The number of nitrogens with one attached hydrogen (secondary N) is 1.